The summed E-state index contributed by atoms with van der Waals surface area (Å²) in [5.74, 6) is 4.20. The third-order valence-corrected chi connectivity index (χ3v) is 19.2. The van der Waals surface area contributed by atoms with Crippen LogP contribution in [0, 0.1) is 22.7 Å². The Kier molecular flexibility index (Phi) is 33.8. The van der Waals surface area contributed by atoms with E-state index in [9.17, 15) is 26.8 Å². The molecule has 1 aromatic carbocycles. The minimum Gasteiger partial charge on any atom is -0.497 e. The molecule has 0 bridgehead atoms. The molecule has 2 saturated heterocycles. The molecule has 1 unspecified atom stereocenters. The van der Waals surface area contributed by atoms with E-state index in [1.54, 1.807) is 57.1 Å². The minimum absolute atomic E-state index is 0.0542. The Morgan fingerprint density at radius 3 is 1.47 bits per heavy atom. The second kappa shape index (κ2) is 37.8. The Labute approximate surface area is 614 Å². The number of pyridine rings is 1. The first-order chi connectivity index (χ1) is 46.3. The fraction of sp³-hybridized carbons (Fsp3) is 0.662. The van der Waals surface area contributed by atoms with E-state index in [1.807, 2.05) is 75.5 Å². The molecular formula is C80H134F2N12O7S. The first-order valence-corrected chi connectivity index (χ1v) is 37.3. The standard InChI is InChI=1S/C16H21NO3.C11H19N3O.C11H21N3.C9H13N.C9H18O.C8H12F2N2.C8H14N2.C8H16O2S/c1-16(2,3)12-9-11(19-6)7-10-8-13(20-14(10)12)15(18)17(4)5;1-11(2,3)9-6-12-14(7-9)8-10(15)13(4)5;1-11(2,3)9-7-14(6)10(12-9)8-13(4)5;1-9(2,3)8-5-4-6-10-7-8;1-9(2,3)8-4-6-10-7-5-8;1-8(2,3)6-4-11-12(5-6)7(9)10;1-8(2,3)7-5-9-10(4)6-7;1-8(2,3)7-4-5-11(9,10)6-7/h7-9H,1-6H3;6-7H,8H2,1-5H3;7H,8H2,1-6H3;4-7H,1-3H3;8H,4-7H2,1-3H3;4-5,7H,1-3H3;5-6H,1-4H3;7H,4-6H2,1-3H3. The van der Waals surface area contributed by atoms with Gasteiger partial charge in [0.25, 0.3) is 5.91 Å². The van der Waals surface area contributed by atoms with Gasteiger partial charge in [-0.25, -0.2) is 18.1 Å². The molecule has 2 amide bonds. The van der Waals surface area contributed by atoms with Crippen molar-refractivity contribution in [2.45, 2.75) is 238 Å². The van der Waals surface area contributed by atoms with E-state index in [-0.39, 0.29) is 49.7 Å². The van der Waals surface area contributed by atoms with Gasteiger partial charge in [-0.15, -0.1) is 0 Å². The fourth-order valence-electron chi connectivity index (χ4n) is 10.0. The summed E-state index contributed by atoms with van der Waals surface area (Å²) in [7, 11) is 14.0. The molecule has 7 aromatic rings. The number of likely N-dealkylation sites (N-methyl/N-ethyl adjacent to an activating group) is 1. The number of aromatic nitrogens is 9. The Morgan fingerprint density at radius 1 is 0.618 bits per heavy atom. The van der Waals surface area contributed by atoms with Crippen molar-refractivity contribution < 1.29 is 40.7 Å². The van der Waals surface area contributed by atoms with Crippen LogP contribution in [0.2, 0.25) is 0 Å². The summed E-state index contributed by atoms with van der Waals surface area (Å²) in [6.07, 6.45) is 19.8. The number of furan rings is 1. The zero-order valence-corrected chi connectivity index (χ0v) is 69.9. The van der Waals surface area contributed by atoms with E-state index in [4.69, 9.17) is 13.9 Å². The molecule has 0 radical (unpaired) electrons. The highest BCUT2D eigenvalue weighted by Crippen LogP contribution is 2.38. The van der Waals surface area contributed by atoms with Crippen LogP contribution in [0.25, 0.3) is 11.0 Å². The molecule has 576 valence electrons. The van der Waals surface area contributed by atoms with E-state index >= 15 is 0 Å². The Hall–Kier alpha value is -6.78. The van der Waals surface area contributed by atoms with Crippen molar-refractivity contribution in [3.8, 4) is 5.75 Å². The number of halogens is 2. The zero-order chi connectivity index (χ0) is 78.7. The van der Waals surface area contributed by atoms with Gasteiger partial charge >= 0.3 is 6.55 Å². The van der Waals surface area contributed by atoms with Crippen molar-refractivity contribution in [3.05, 3.63) is 131 Å². The summed E-state index contributed by atoms with van der Waals surface area (Å²) >= 11 is 0. The van der Waals surface area contributed by atoms with Crippen molar-refractivity contribution in [3.63, 3.8) is 0 Å². The molecule has 0 saturated carbocycles. The van der Waals surface area contributed by atoms with Crippen LogP contribution >= 0.6 is 0 Å². The van der Waals surface area contributed by atoms with Gasteiger partial charge in [0.05, 0.1) is 49.4 Å². The number of methoxy groups -OCH3 is 1. The number of ether oxygens (including phenoxy) is 2. The first-order valence-electron chi connectivity index (χ1n) is 35.5. The number of amides is 2. The molecule has 1 atom stereocenters. The highest BCUT2D eigenvalue weighted by atomic mass is 32.2. The van der Waals surface area contributed by atoms with E-state index in [2.05, 4.69) is 220 Å². The number of sulfone groups is 1. The molecule has 2 aliphatic heterocycles. The highest BCUT2D eigenvalue weighted by Gasteiger charge is 2.36. The monoisotopic (exact) mass is 1450 g/mol. The first kappa shape index (κ1) is 91.3. The fourth-order valence-corrected chi connectivity index (χ4v) is 12.1. The van der Waals surface area contributed by atoms with Gasteiger partial charge in [0.15, 0.2) is 15.6 Å². The third-order valence-electron chi connectivity index (χ3n) is 17.4. The molecule has 102 heavy (non-hydrogen) atoms. The summed E-state index contributed by atoms with van der Waals surface area (Å²) in [5, 5.41) is 12.7. The lowest BCUT2D eigenvalue weighted by molar-refractivity contribution is -0.129. The smallest absolute Gasteiger partial charge is 0.333 e. The van der Waals surface area contributed by atoms with E-state index in [0.717, 1.165) is 77.0 Å². The number of nitrogens with zero attached hydrogens (tertiary/aromatic N) is 12. The maximum absolute atomic E-state index is 12.1. The summed E-state index contributed by atoms with van der Waals surface area (Å²) in [6.45, 7) is 52.2. The predicted molar refractivity (Wildman–Crippen MR) is 415 cm³/mol. The number of hydrogen-bond donors (Lipinski definition) is 0. The largest absolute Gasteiger partial charge is 0.497 e. The van der Waals surface area contributed by atoms with Gasteiger partial charge in [-0.05, 0) is 130 Å². The number of fused-ring (bicyclic) bond motifs is 1. The molecule has 0 N–H and O–H groups in total. The van der Waals surface area contributed by atoms with Gasteiger partial charge in [0, 0.05) is 109 Å². The number of imidazole rings is 1. The molecule has 0 spiro atoms. The van der Waals surface area contributed by atoms with Crippen molar-refractivity contribution >= 4 is 32.6 Å². The number of alkyl halides is 2. The SMILES string of the molecule is CC(C)(C)C1CCOCC1.CC(C)(C)C1CCS(=O)(=O)C1.CC(C)(C)c1cccnc1.CC(C)(C)c1cnn(C(F)F)c1.CN(C)C(=O)Cn1cc(C(C)(C)C)cn1.CN(C)Cc1nc(C(C)(C)C)cn1C.COc1cc(C(C)(C)C)c2oc(C(=O)N(C)C)cc2c1.Cn1cc(C(C)(C)C)cn1. The van der Waals surface area contributed by atoms with Crippen molar-refractivity contribution in [2.24, 2.45) is 36.8 Å². The minimum atomic E-state index is -2.68. The summed E-state index contributed by atoms with van der Waals surface area (Å²) in [4.78, 5) is 37.4. The molecule has 22 heteroatoms. The van der Waals surface area contributed by atoms with Crippen LogP contribution < -0.4 is 4.74 Å². The second-order valence-electron chi connectivity index (χ2n) is 35.9. The topological polar surface area (TPSA) is 194 Å². The van der Waals surface area contributed by atoms with Gasteiger partial charge < -0.3 is 33.2 Å². The highest BCUT2D eigenvalue weighted by molar-refractivity contribution is 7.91. The maximum atomic E-state index is 12.1. The molecule has 2 aliphatic rings. The predicted octanol–water partition coefficient (Wildman–Crippen LogP) is 17.1. The average molecular weight is 1450 g/mol. The second-order valence-corrected chi connectivity index (χ2v) is 38.1. The van der Waals surface area contributed by atoms with E-state index in [1.165, 1.54) is 41.3 Å². The van der Waals surface area contributed by atoms with Crippen molar-refractivity contribution in [1.82, 2.24) is 58.6 Å². The van der Waals surface area contributed by atoms with Gasteiger partial charge in [-0.2, -0.15) is 24.1 Å². The van der Waals surface area contributed by atoms with Gasteiger partial charge in [-0.3, -0.25) is 23.9 Å². The van der Waals surface area contributed by atoms with E-state index in [0.29, 0.717) is 39.8 Å². The normalized spacial score (nSPS) is 15.0. The number of carbonyl (C=O) groups excluding carboxylic acids is 2. The van der Waals surface area contributed by atoms with Gasteiger partial charge in [0.2, 0.25) is 5.91 Å². The lowest BCUT2D eigenvalue weighted by Crippen LogP contribution is -2.27. The number of aryl methyl sites for hydroxylation is 2. The van der Waals surface area contributed by atoms with Crippen molar-refractivity contribution in [2.75, 3.05) is 74.1 Å². The van der Waals surface area contributed by atoms with Crippen LogP contribution in [0.3, 0.4) is 0 Å². The molecule has 2 fully saturated rings. The Bertz CT molecular complexity index is 3740. The van der Waals surface area contributed by atoms with Crippen LogP contribution in [-0.2, 0) is 79.0 Å². The quantitative estimate of drug-likeness (QED) is 0.146. The van der Waals surface area contributed by atoms with Crippen molar-refractivity contribution in [1.29, 1.82) is 0 Å². The summed E-state index contributed by atoms with van der Waals surface area (Å²) < 4.78 is 69.0. The van der Waals surface area contributed by atoms with Crippen LogP contribution in [0.15, 0.2) is 90.5 Å². The van der Waals surface area contributed by atoms with Crippen LogP contribution in [0.4, 0.5) is 8.78 Å². The Morgan fingerprint density at radius 2 is 1.14 bits per heavy atom. The number of rotatable bonds is 7. The van der Waals surface area contributed by atoms with E-state index < -0.39 is 16.4 Å². The number of hydrogen-bond acceptors (Lipinski definition) is 13. The summed E-state index contributed by atoms with van der Waals surface area (Å²) in [5.41, 5.74) is 8.61. The molecule has 8 heterocycles. The maximum Gasteiger partial charge on any atom is 0.333 e. The van der Waals surface area contributed by atoms with Crippen LogP contribution in [0.1, 0.15) is 242 Å². The zero-order valence-electron chi connectivity index (χ0n) is 69.1. The lowest BCUT2D eigenvalue weighted by atomic mass is 9.76. The van der Waals surface area contributed by atoms with Crippen LogP contribution in [-0.4, -0.2) is 153 Å². The molecule has 9 rings (SSSR count). The third kappa shape index (κ3) is 32.1. The molecule has 19 nitrogen and oxygen atoms in total. The molecular weight excluding hydrogens is 1310 g/mol. The summed E-state index contributed by atoms with van der Waals surface area (Å²) in [6, 6.07) is 9.71. The average Bonchev–Trinajstić information content (AvgIpc) is 1.60. The van der Waals surface area contributed by atoms with Crippen LogP contribution in [0.5, 0.6) is 5.75 Å². The molecule has 6 aromatic heterocycles. The number of benzene rings is 1. The lowest BCUT2D eigenvalue weighted by Gasteiger charge is -2.33. The van der Waals surface area contributed by atoms with Gasteiger partial charge in [-0.1, -0.05) is 172 Å². The van der Waals surface area contributed by atoms with Gasteiger partial charge in [0.1, 0.15) is 23.7 Å². The molecule has 0 aliphatic carbocycles. The number of carbonyl (C=O) groups is 2. The Balaban J connectivity index is 0.000000401.